The minimum absolute atomic E-state index is 0.242. The van der Waals surface area contributed by atoms with Crippen molar-refractivity contribution in [1.82, 2.24) is 5.01 Å². The fourth-order valence-electron chi connectivity index (χ4n) is 1.49. The van der Waals surface area contributed by atoms with Crippen LogP contribution in [0.25, 0.3) is 10.0 Å². The molecule has 0 unspecified atom stereocenters. The van der Waals surface area contributed by atoms with Crippen LogP contribution in [-0.4, -0.2) is 44.7 Å². The monoisotopic (exact) mass is 323 g/mol. The van der Waals surface area contributed by atoms with Crippen molar-refractivity contribution < 1.29 is 9.90 Å². The van der Waals surface area contributed by atoms with Gasteiger partial charge in [0.05, 0.1) is 0 Å². The Morgan fingerprint density at radius 3 is 2.53 bits per heavy atom. The molecule has 2 aromatic rings. The molecule has 0 bridgehead atoms. The van der Waals surface area contributed by atoms with E-state index in [1.54, 1.807) is 14.1 Å². The van der Waals surface area contributed by atoms with Crippen molar-refractivity contribution in [1.29, 1.82) is 0 Å². The second-order valence-electron chi connectivity index (χ2n) is 4.03. The van der Waals surface area contributed by atoms with Crippen LogP contribution >= 0.6 is 0 Å². The van der Waals surface area contributed by atoms with E-state index in [-0.39, 0.29) is 14.5 Å². The Kier molecular flexibility index (Phi) is 4.14. The van der Waals surface area contributed by atoms with Gasteiger partial charge >= 0.3 is 116 Å². The first-order chi connectivity index (χ1) is 9.08. The van der Waals surface area contributed by atoms with E-state index in [2.05, 4.69) is 10.3 Å². The SMILES string of the molecule is CN(C)/N=N/c1cc(-c2ccccc2)[se]c1C(=O)O. The maximum atomic E-state index is 11.2. The number of benzene rings is 1. The van der Waals surface area contributed by atoms with E-state index in [1.165, 1.54) is 5.01 Å². The Morgan fingerprint density at radius 2 is 1.95 bits per heavy atom. The fourth-order valence-corrected chi connectivity index (χ4v) is 3.46. The molecule has 0 atom stereocenters. The molecule has 1 N–H and O–H groups in total. The molecule has 0 amide bonds. The molecule has 0 saturated heterocycles. The first-order valence-corrected chi connectivity index (χ1v) is 7.31. The standard InChI is InChI=1S/C13H13N3O2Se/c1-16(2)15-14-10-8-11(19-12(10)13(17)18)9-6-4-3-5-7-9/h3-8H,1-2H3,(H,17,18)/b15-14+. The zero-order chi connectivity index (χ0) is 13.8. The first kappa shape index (κ1) is 13.5. The van der Waals surface area contributed by atoms with Gasteiger partial charge in [0.2, 0.25) is 0 Å². The zero-order valence-electron chi connectivity index (χ0n) is 10.6. The second kappa shape index (κ2) is 5.82. The summed E-state index contributed by atoms with van der Waals surface area (Å²) < 4.78 is 1.36. The molecule has 1 heterocycles. The Hall–Kier alpha value is -1.91. The summed E-state index contributed by atoms with van der Waals surface area (Å²) in [6, 6.07) is 11.6. The number of carboxylic acid groups (broad SMARTS) is 1. The molecule has 0 radical (unpaired) electrons. The molecular weight excluding hydrogens is 309 g/mol. The number of hydrogen-bond donors (Lipinski definition) is 1. The molecular formula is C13H13N3O2Se. The van der Waals surface area contributed by atoms with Gasteiger partial charge in [0.25, 0.3) is 0 Å². The molecule has 0 spiro atoms. The van der Waals surface area contributed by atoms with E-state index >= 15 is 0 Å². The molecule has 98 valence electrons. The third-order valence-electron chi connectivity index (χ3n) is 2.30. The predicted octanol–water partition coefficient (Wildman–Crippen LogP) is 2.67. The summed E-state index contributed by atoms with van der Waals surface area (Å²) >= 11 is -0.242. The number of carboxylic acids is 1. The average Bonchev–Trinajstić information content (AvgIpc) is 2.81. The van der Waals surface area contributed by atoms with Gasteiger partial charge in [0.1, 0.15) is 0 Å². The van der Waals surface area contributed by atoms with E-state index < -0.39 is 5.97 Å². The third kappa shape index (κ3) is 3.30. The number of rotatable bonds is 4. The van der Waals surface area contributed by atoms with E-state index in [4.69, 9.17) is 0 Å². The van der Waals surface area contributed by atoms with Crippen LogP contribution < -0.4 is 0 Å². The van der Waals surface area contributed by atoms with Crippen LogP contribution in [0.3, 0.4) is 0 Å². The number of hydrogen-bond acceptors (Lipinski definition) is 3. The van der Waals surface area contributed by atoms with E-state index in [9.17, 15) is 9.90 Å². The normalized spacial score (nSPS) is 10.8. The van der Waals surface area contributed by atoms with Crippen LogP contribution in [-0.2, 0) is 0 Å². The Balaban J connectivity index is 2.44. The molecule has 5 nitrogen and oxygen atoms in total. The van der Waals surface area contributed by atoms with Crippen molar-refractivity contribution in [2.24, 2.45) is 10.3 Å². The first-order valence-electron chi connectivity index (χ1n) is 5.59. The van der Waals surface area contributed by atoms with Gasteiger partial charge in [0, 0.05) is 0 Å². The summed E-state index contributed by atoms with van der Waals surface area (Å²) in [5.41, 5.74) is 1.48. The van der Waals surface area contributed by atoms with Crippen LogP contribution in [0.5, 0.6) is 0 Å². The average molecular weight is 322 g/mol. The van der Waals surface area contributed by atoms with Crippen molar-refractivity contribution in [3.05, 3.63) is 40.8 Å². The van der Waals surface area contributed by atoms with Gasteiger partial charge in [-0.25, -0.2) is 0 Å². The maximum absolute atomic E-state index is 11.2. The predicted molar refractivity (Wildman–Crippen MR) is 74.0 cm³/mol. The van der Waals surface area contributed by atoms with Gasteiger partial charge in [-0.05, 0) is 0 Å². The van der Waals surface area contributed by atoms with E-state index in [0.717, 1.165) is 10.0 Å². The Bertz CT molecular complexity index is 606. The van der Waals surface area contributed by atoms with E-state index in [1.807, 2.05) is 36.4 Å². The summed E-state index contributed by atoms with van der Waals surface area (Å²) in [5, 5.41) is 18.6. The molecule has 0 aliphatic heterocycles. The zero-order valence-corrected chi connectivity index (χ0v) is 12.3. The molecule has 0 aliphatic rings. The topological polar surface area (TPSA) is 65.3 Å². The summed E-state index contributed by atoms with van der Waals surface area (Å²) in [7, 11) is 3.48. The second-order valence-corrected chi connectivity index (χ2v) is 6.24. The molecule has 0 saturated carbocycles. The van der Waals surface area contributed by atoms with Crippen molar-refractivity contribution in [2.75, 3.05) is 14.1 Å². The van der Waals surface area contributed by atoms with Gasteiger partial charge in [0.15, 0.2) is 0 Å². The van der Waals surface area contributed by atoms with Crippen molar-refractivity contribution in [3.8, 4) is 10.0 Å². The van der Waals surface area contributed by atoms with Gasteiger partial charge in [-0.2, -0.15) is 0 Å². The molecule has 1 aromatic carbocycles. The van der Waals surface area contributed by atoms with Crippen molar-refractivity contribution in [3.63, 3.8) is 0 Å². The molecule has 0 fully saturated rings. The van der Waals surface area contributed by atoms with E-state index in [0.29, 0.717) is 10.1 Å². The fraction of sp³-hybridized carbons (Fsp3) is 0.154. The molecule has 6 heteroatoms. The van der Waals surface area contributed by atoms with Gasteiger partial charge < -0.3 is 0 Å². The summed E-state index contributed by atoms with van der Waals surface area (Å²) in [6.45, 7) is 0. The van der Waals surface area contributed by atoms with Crippen LogP contribution in [0.2, 0.25) is 0 Å². The van der Waals surface area contributed by atoms with Crippen molar-refractivity contribution >= 4 is 26.2 Å². The molecule has 2 rings (SSSR count). The van der Waals surface area contributed by atoms with Gasteiger partial charge in [-0.15, -0.1) is 0 Å². The van der Waals surface area contributed by atoms with Gasteiger partial charge in [-0.1, -0.05) is 0 Å². The Morgan fingerprint density at radius 1 is 1.26 bits per heavy atom. The molecule has 1 aromatic heterocycles. The number of aromatic carboxylic acids is 1. The van der Waals surface area contributed by atoms with Crippen LogP contribution in [0, 0.1) is 0 Å². The summed E-state index contributed by atoms with van der Waals surface area (Å²) in [6.07, 6.45) is 0. The summed E-state index contributed by atoms with van der Waals surface area (Å²) in [5.74, 6) is -0.921. The molecule has 19 heavy (non-hydrogen) atoms. The van der Waals surface area contributed by atoms with Crippen LogP contribution in [0.15, 0.2) is 46.7 Å². The molecule has 0 aliphatic carbocycles. The summed E-state index contributed by atoms with van der Waals surface area (Å²) in [4.78, 5) is 11.2. The Labute approximate surface area is 116 Å². The van der Waals surface area contributed by atoms with Crippen molar-refractivity contribution in [2.45, 2.75) is 0 Å². The van der Waals surface area contributed by atoms with Crippen LogP contribution in [0.4, 0.5) is 5.69 Å². The van der Waals surface area contributed by atoms with Gasteiger partial charge in [-0.3, -0.25) is 0 Å². The number of carbonyl (C=O) groups is 1. The number of nitrogens with zero attached hydrogens (tertiary/aromatic N) is 3. The van der Waals surface area contributed by atoms with Crippen LogP contribution in [0.1, 0.15) is 9.23 Å². The minimum atomic E-state index is -0.921. The third-order valence-corrected chi connectivity index (χ3v) is 4.73. The quantitative estimate of drug-likeness (QED) is 0.535.